The highest BCUT2D eigenvalue weighted by molar-refractivity contribution is 5.81. The van der Waals surface area contributed by atoms with Gasteiger partial charge in [0.25, 0.3) is 0 Å². The van der Waals surface area contributed by atoms with Gasteiger partial charge in [-0.3, -0.25) is 9.63 Å². The van der Waals surface area contributed by atoms with Crippen LogP contribution in [0.4, 0.5) is 4.79 Å². The summed E-state index contributed by atoms with van der Waals surface area (Å²) in [4.78, 5) is 26.2. The van der Waals surface area contributed by atoms with Gasteiger partial charge in [0.1, 0.15) is 0 Å². The number of hydrogen-bond donors (Lipinski definition) is 2. The highest BCUT2D eigenvalue weighted by Gasteiger charge is 2.02. The van der Waals surface area contributed by atoms with Crippen LogP contribution in [-0.2, 0) is 22.7 Å². The van der Waals surface area contributed by atoms with Crippen LogP contribution < -0.4 is 10.6 Å². The Balaban J connectivity index is 2.37. The van der Waals surface area contributed by atoms with Crippen molar-refractivity contribution in [1.29, 1.82) is 0 Å². The molecule has 0 fully saturated rings. The van der Waals surface area contributed by atoms with Crippen LogP contribution in [-0.4, -0.2) is 18.2 Å². The van der Waals surface area contributed by atoms with Gasteiger partial charge in [0.15, 0.2) is 0 Å². The molecule has 0 heterocycles. The summed E-state index contributed by atoms with van der Waals surface area (Å²) in [7, 11) is 0. The second-order valence-electron chi connectivity index (χ2n) is 4.23. The van der Waals surface area contributed by atoms with Crippen molar-refractivity contribution in [1.82, 2.24) is 10.6 Å². The van der Waals surface area contributed by atoms with Gasteiger partial charge in [-0.25, -0.2) is 4.79 Å². The summed E-state index contributed by atoms with van der Waals surface area (Å²) in [6.07, 6.45) is 0.818. The molecule has 0 atom stereocenters. The summed E-state index contributed by atoms with van der Waals surface area (Å²) in [6, 6.07) is 7.53. The maximum absolute atomic E-state index is 11.4. The van der Waals surface area contributed by atoms with E-state index in [0.29, 0.717) is 19.5 Å². The Morgan fingerprint density at radius 2 is 1.85 bits per heavy atom. The van der Waals surface area contributed by atoms with E-state index in [1.54, 1.807) is 6.92 Å². The maximum atomic E-state index is 11.4. The van der Waals surface area contributed by atoms with Crippen molar-refractivity contribution >= 4 is 18.2 Å². The topological polar surface area (TPSA) is 79.8 Å². The van der Waals surface area contributed by atoms with E-state index in [0.717, 1.165) is 23.3 Å². The second-order valence-corrected chi connectivity index (χ2v) is 4.23. The predicted molar refractivity (Wildman–Crippen MR) is 76.1 cm³/mol. The number of rotatable bonds is 7. The fourth-order valence-electron chi connectivity index (χ4n) is 1.32. The highest BCUT2D eigenvalue weighted by atomic mass is 16.7. The molecule has 2 N–H and O–H groups in total. The number of carbonyl (C=O) groups excluding carboxylic acids is 2. The van der Waals surface area contributed by atoms with Crippen molar-refractivity contribution in [2.45, 2.75) is 33.4 Å². The summed E-state index contributed by atoms with van der Waals surface area (Å²) in [5.41, 5.74) is 2.69. The molecular weight excluding hydrogens is 258 g/mol. The van der Waals surface area contributed by atoms with Crippen molar-refractivity contribution in [3.63, 3.8) is 0 Å². The zero-order valence-electron chi connectivity index (χ0n) is 11.7. The van der Waals surface area contributed by atoms with Crippen molar-refractivity contribution in [2.75, 3.05) is 0 Å². The molecule has 0 unspecified atom stereocenters. The Kier molecular flexibility index (Phi) is 6.81. The fourth-order valence-corrected chi connectivity index (χ4v) is 1.32. The van der Waals surface area contributed by atoms with E-state index < -0.39 is 6.09 Å². The summed E-state index contributed by atoms with van der Waals surface area (Å²) < 4.78 is 0. The Bertz CT molecular complexity index is 469. The number of nitrogens with one attached hydrogen (secondary N) is 2. The molecule has 0 saturated carbocycles. The minimum absolute atomic E-state index is 0.362. The lowest BCUT2D eigenvalue weighted by Gasteiger charge is -2.05. The number of benzene rings is 1. The van der Waals surface area contributed by atoms with Gasteiger partial charge in [0.2, 0.25) is 6.41 Å². The monoisotopic (exact) mass is 277 g/mol. The van der Waals surface area contributed by atoms with Gasteiger partial charge in [0.05, 0.1) is 5.71 Å². The lowest BCUT2D eigenvalue weighted by Crippen LogP contribution is -2.22. The van der Waals surface area contributed by atoms with E-state index in [9.17, 15) is 9.59 Å². The number of nitrogens with zero attached hydrogens (tertiary/aromatic N) is 1. The van der Waals surface area contributed by atoms with Crippen LogP contribution in [0.5, 0.6) is 0 Å². The van der Waals surface area contributed by atoms with Crippen molar-refractivity contribution < 1.29 is 14.4 Å². The van der Waals surface area contributed by atoms with Crippen LogP contribution in [0.25, 0.3) is 0 Å². The molecule has 0 aliphatic heterocycles. The molecule has 0 radical (unpaired) electrons. The molecule has 1 aromatic carbocycles. The zero-order valence-corrected chi connectivity index (χ0v) is 11.7. The zero-order chi connectivity index (χ0) is 14.8. The van der Waals surface area contributed by atoms with Gasteiger partial charge in [0, 0.05) is 13.1 Å². The largest absolute Gasteiger partial charge is 0.433 e. The van der Waals surface area contributed by atoms with Crippen LogP contribution in [0.2, 0.25) is 0 Å². The average Bonchev–Trinajstić information content (AvgIpc) is 2.49. The lowest BCUT2D eigenvalue weighted by atomic mass is 10.1. The molecular formula is C14H19N3O3. The molecule has 20 heavy (non-hydrogen) atoms. The molecule has 0 aliphatic rings. The Morgan fingerprint density at radius 1 is 1.25 bits per heavy atom. The molecule has 1 rings (SSSR count). The smallest absolute Gasteiger partial charge is 0.355 e. The molecule has 0 bridgehead atoms. The normalized spacial score (nSPS) is 10.8. The van der Waals surface area contributed by atoms with Gasteiger partial charge in [-0.05, 0) is 24.5 Å². The summed E-state index contributed by atoms with van der Waals surface area (Å²) >= 11 is 0. The van der Waals surface area contributed by atoms with Gasteiger partial charge < -0.3 is 10.6 Å². The first kappa shape index (κ1) is 15.7. The van der Waals surface area contributed by atoms with Crippen molar-refractivity contribution in [3.8, 4) is 0 Å². The molecule has 108 valence electrons. The summed E-state index contributed by atoms with van der Waals surface area (Å²) in [5.74, 6) is 0. The third-order valence-electron chi connectivity index (χ3n) is 2.65. The van der Waals surface area contributed by atoms with Crippen LogP contribution in [0.3, 0.4) is 0 Å². The number of oxime groups is 1. The molecule has 6 heteroatoms. The number of carbonyl (C=O) groups is 2. The highest BCUT2D eigenvalue weighted by Crippen LogP contribution is 2.04. The molecule has 1 aromatic rings. The first-order valence-corrected chi connectivity index (χ1v) is 6.39. The van der Waals surface area contributed by atoms with E-state index in [2.05, 4.69) is 20.6 Å². The third-order valence-corrected chi connectivity index (χ3v) is 2.65. The van der Waals surface area contributed by atoms with Gasteiger partial charge in [-0.1, -0.05) is 36.3 Å². The Morgan fingerprint density at radius 3 is 2.40 bits per heavy atom. The first-order valence-electron chi connectivity index (χ1n) is 6.39. The van der Waals surface area contributed by atoms with Crippen molar-refractivity contribution in [2.24, 2.45) is 5.16 Å². The second kappa shape index (κ2) is 8.68. The SMILES string of the molecule is CC/C(C)=N\OC(=O)NCc1ccc(CNC=O)cc1. The fraction of sp³-hybridized carbons (Fsp3) is 0.357. The van der Waals surface area contributed by atoms with Crippen LogP contribution in [0.1, 0.15) is 31.4 Å². The van der Waals surface area contributed by atoms with E-state index in [-0.39, 0.29) is 0 Å². The summed E-state index contributed by atoms with van der Waals surface area (Å²) in [5, 5.41) is 8.85. The van der Waals surface area contributed by atoms with Gasteiger partial charge in [-0.15, -0.1) is 0 Å². The van der Waals surface area contributed by atoms with E-state index >= 15 is 0 Å². The van der Waals surface area contributed by atoms with Crippen molar-refractivity contribution in [3.05, 3.63) is 35.4 Å². The van der Waals surface area contributed by atoms with E-state index in [1.165, 1.54) is 0 Å². The molecule has 0 aliphatic carbocycles. The quantitative estimate of drug-likeness (QED) is 0.346. The van der Waals surface area contributed by atoms with E-state index in [1.807, 2.05) is 31.2 Å². The molecule has 0 saturated heterocycles. The minimum Gasteiger partial charge on any atom is -0.355 e. The van der Waals surface area contributed by atoms with Gasteiger partial charge >= 0.3 is 6.09 Å². The first-order chi connectivity index (χ1) is 9.65. The third kappa shape index (κ3) is 5.99. The molecule has 0 spiro atoms. The number of hydrogen-bond acceptors (Lipinski definition) is 4. The molecule has 6 nitrogen and oxygen atoms in total. The van der Waals surface area contributed by atoms with Crippen LogP contribution >= 0.6 is 0 Å². The minimum atomic E-state index is -0.579. The molecule has 2 amide bonds. The van der Waals surface area contributed by atoms with Crippen LogP contribution in [0, 0.1) is 0 Å². The van der Waals surface area contributed by atoms with Gasteiger partial charge in [-0.2, -0.15) is 0 Å². The summed E-state index contributed by atoms with van der Waals surface area (Å²) in [6.45, 7) is 4.58. The lowest BCUT2D eigenvalue weighted by molar-refractivity contribution is -0.109. The number of amides is 2. The van der Waals surface area contributed by atoms with E-state index in [4.69, 9.17) is 0 Å². The van der Waals surface area contributed by atoms with Crippen LogP contribution in [0.15, 0.2) is 29.4 Å². The standard InChI is InChI=1S/C14H19N3O3/c1-3-11(2)17-20-14(19)16-9-13-6-4-12(5-7-13)8-15-10-18/h4-7,10H,3,8-9H2,1-2H3,(H,15,18)(H,16,19)/b17-11-. The Hall–Kier alpha value is -2.37. The predicted octanol–water partition coefficient (Wildman–Crippen LogP) is 1.94. The maximum Gasteiger partial charge on any atom is 0.433 e. The molecule has 0 aromatic heterocycles. The average molecular weight is 277 g/mol. The Labute approximate surface area is 118 Å².